The summed E-state index contributed by atoms with van der Waals surface area (Å²) >= 11 is 5.47. The number of anilines is 2. The number of methoxy groups -OCH3 is 1. The molecule has 0 bridgehead atoms. The number of nitrogens with zero attached hydrogens (tertiary/aromatic N) is 3. The third kappa shape index (κ3) is 5.76. The van der Waals surface area contributed by atoms with Crippen LogP contribution in [0.2, 0.25) is 0 Å². The molecule has 3 rings (SSSR count). The first-order valence-corrected chi connectivity index (χ1v) is 10.1. The van der Waals surface area contributed by atoms with Crippen molar-refractivity contribution in [3.63, 3.8) is 0 Å². The monoisotopic (exact) mass is 432 g/mol. The van der Waals surface area contributed by atoms with E-state index < -0.39 is 0 Å². The zero-order chi connectivity index (χ0) is 21.5. The van der Waals surface area contributed by atoms with Gasteiger partial charge in [-0.3, -0.25) is 0 Å². The third-order valence-corrected chi connectivity index (χ3v) is 5.21. The average Bonchev–Trinajstić information content (AvgIpc) is 2.75. The molecule has 1 saturated heterocycles. The van der Waals surface area contributed by atoms with Crippen molar-refractivity contribution >= 4 is 34.9 Å². The van der Waals surface area contributed by atoms with E-state index in [0.717, 1.165) is 12.0 Å². The van der Waals surface area contributed by atoms with Crippen molar-refractivity contribution in [3.05, 3.63) is 48.2 Å². The molecule has 1 amide bonds. The summed E-state index contributed by atoms with van der Waals surface area (Å²) in [4.78, 5) is 21.7. The van der Waals surface area contributed by atoms with Gasteiger partial charge in [0.05, 0.1) is 13.3 Å². The van der Waals surface area contributed by atoms with Crippen LogP contribution in [0.1, 0.15) is 18.9 Å². The second-order valence-corrected chi connectivity index (χ2v) is 7.56. The molecule has 1 aliphatic heterocycles. The summed E-state index contributed by atoms with van der Waals surface area (Å²) in [6, 6.07) is 6.39. The van der Waals surface area contributed by atoms with Crippen molar-refractivity contribution in [2.24, 2.45) is 5.92 Å². The number of hydrogen-bond donors (Lipinski definition) is 3. The molecule has 10 heteroatoms. The highest BCUT2D eigenvalue weighted by atomic mass is 32.1. The first kappa shape index (κ1) is 21.7. The Morgan fingerprint density at radius 2 is 2.13 bits per heavy atom. The fraction of sp³-hybridized carbons (Fsp3) is 0.400. The number of carbonyl (C=O) groups is 1. The van der Waals surface area contributed by atoms with Crippen molar-refractivity contribution in [3.8, 4) is 0 Å². The van der Waals surface area contributed by atoms with Gasteiger partial charge in [0.1, 0.15) is 17.8 Å². The van der Waals surface area contributed by atoms with Gasteiger partial charge in [-0.15, -0.1) is 0 Å². The number of nitrogens with one attached hydrogen (secondary N) is 3. The van der Waals surface area contributed by atoms with Gasteiger partial charge >= 0.3 is 6.09 Å². The molecule has 1 aromatic carbocycles. The van der Waals surface area contributed by atoms with Gasteiger partial charge < -0.3 is 25.6 Å². The van der Waals surface area contributed by atoms with Crippen molar-refractivity contribution < 1.29 is 13.9 Å². The lowest BCUT2D eigenvalue weighted by molar-refractivity contribution is 0.0972. The van der Waals surface area contributed by atoms with E-state index in [2.05, 4.69) is 32.8 Å². The Balaban J connectivity index is 1.55. The number of hydrogen-bond acceptors (Lipinski definition) is 6. The summed E-state index contributed by atoms with van der Waals surface area (Å²) < 4.78 is 17.9. The van der Waals surface area contributed by atoms with Crippen LogP contribution in [0, 0.1) is 11.7 Å². The topological polar surface area (TPSA) is 91.4 Å². The molecule has 0 unspecified atom stereocenters. The molecular weight excluding hydrogens is 407 g/mol. The molecule has 1 aliphatic rings. The van der Waals surface area contributed by atoms with Gasteiger partial charge in [-0.1, -0.05) is 19.1 Å². The van der Waals surface area contributed by atoms with E-state index in [4.69, 9.17) is 17.0 Å². The number of aromatic nitrogens is 2. The summed E-state index contributed by atoms with van der Waals surface area (Å²) in [5, 5.41) is 10.1. The molecule has 0 radical (unpaired) electrons. The predicted molar refractivity (Wildman–Crippen MR) is 117 cm³/mol. The number of rotatable bonds is 5. The third-order valence-electron chi connectivity index (χ3n) is 4.99. The van der Waals surface area contributed by atoms with E-state index in [9.17, 15) is 9.18 Å². The zero-order valence-electron chi connectivity index (χ0n) is 16.9. The molecule has 0 spiro atoms. The molecular formula is C20H25FN6O2S. The minimum Gasteiger partial charge on any atom is -0.453 e. The standard InChI is InChI=1S/C20H25FN6O2S/c1-13-11-27(20(28)29-2)8-7-16(13)25-19(30)26-17-10-22-12-24-18(17)23-9-14-3-5-15(21)6-4-14/h3-6,10,12-13,16H,7-9,11H2,1-2H3,(H,22,23,24)(H2,25,26,30)/t13-,16+/m1/s1. The SMILES string of the molecule is COC(=O)N1CC[C@H](NC(=S)Nc2cncnc2NCc2ccc(F)cc2)[C@H](C)C1. The van der Waals surface area contributed by atoms with Crippen molar-refractivity contribution in [2.75, 3.05) is 30.8 Å². The Bertz CT molecular complexity index is 882. The minimum atomic E-state index is -0.306. The van der Waals surface area contributed by atoms with Gasteiger partial charge in [0.2, 0.25) is 0 Å². The summed E-state index contributed by atoms with van der Waals surface area (Å²) in [5.41, 5.74) is 1.56. The molecule has 160 valence electrons. The molecule has 8 nitrogen and oxygen atoms in total. The quantitative estimate of drug-likeness (QED) is 0.621. The van der Waals surface area contributed by atoms with Crippen LogP contribution in [0.4, 0.5) is 20.7 Å². The van der Waals surface area contributed by atoms with Crippen molar-refractivity contribution in [1.82, 2.24) is 20.2 Å². The number of carbonyl (C=O) groups excluding carboxylic acids is 1. The number of piperidine rings is 1. The minimum absolute atomic E-state index is 0.131. The molecule has 1 fully saturated rings. The normalized spacial score (nSPS) is 18.4. The first-order valence-electron chi connectivity index (χ1n) is 9.65. The summed E-state index contributed by atoms with van der Waals surface area (Å²) in [6.07, 6.45) is 3.54. The lowest BCUT2D eigenvalue weighted by atomic mass is 9.94. The van der Waals surface area contributed by atoms with Crippen LogP contribution in [0.15, 0.2) is 36.8 Å². The first-order chi connectivity index (χ1) is 14.5. The van der Waals surface area contributed by atoms with Crippen LogP contribution in [-0.4, -0.2) is 52.3 Å². The van der Waals surface area contributed by atoms with Crippen LogP contribution >= 0.6 is 12.2 Å². The van der Waals surface area contributed by atoms with Crippen LogP contribution in [0.3, 0.4) is 0 Å². The molecule has 2 heterocycles. The lowest BCUT2D eigenvalue weighted by Crippen LogP contribution is -2.52. The van der Waals surface area contributed by atoms with Crippen molar-refractivity contribution in [2.45, 2.75) is 25.9 Å². The smallest absolute Gasteiger partial charge is 0.409 e. The lowest BCUT2D eigenvalue weighted by Gasteiger charge is -2.36. The number of ether oxygens (including phenoxy) is 1. The number of likely N-dealkylation sites (tertiary alicyclic amines) is 1. The molecule has 0 aliphatic carbocycles. The van der Waals surface area contributed by atoms with Gasteiger partial charge in [0.15, 0.2) is 10.9 Å². The van der Waals surface area contributed by atoms with E-state index in [1.807, 2.05) is 0 Å². The highest BCUT2D eigenvalue weighted by molar-refractivity contribution is 7.80. The summed E-state index contributed by atoms with van der Waals surface area (Å²) in [6.45, 7) is 3.76. The number of amides is 1. The fourth-order valence-electron chi connectivity index (χ4n) is 3.33. The Morgan fingerprint density at radius 1 is 1.37 bits per heavy atom. The Kier molecular flexibility index (Phi) is 7.34. The van der Waals surface area contributed by atoms with Crippen LogP contribution in [-0.2, 0) is 11.3 Å². The Hall–Kier alpha value is -3.01. The largest absolute Gasteiger partial charge is 0.453 e. The second kappa shape index (κ2) is 10.1. The van der Waals surface area contributed by atoms with E-state index in [0.29, 0.717) is 36.3 Å². The van der Waals surface area contributed by atoms with Crippen LogP contribution < -0.4 is 16.0 Å². The van der Waals surface area contributed by atoms with E-state index >= 15 is 0 Å². The molecule has 3 N–H and O–H groups in total. The summed E-state index contributed by atoms with van der Waals surface area (Å²) in [5.74, 6) is 0.527. The van der Waals surface area contributed by atoms with E-state index in [-0.39, 0.29) is 23.9 Å². The highest BCUT2D eigenvalue weighted by Gasteiger charge is 2.29. The van der Waals surface area contributed by atoms with Gasteiger partial charge in [-0.25, -0.2) is 19.2 Å². The van der Waals surface area contributed by atoms with Gasteiger partial charge in [0.25, 0.3) is 0 Å². The molecule has 2 aromatic rings. The second-order valence-electron chi connectivity index (χ2n) is 7.15. The predicted octanol–water partition coefficient (Wildman–Crippen LogP) is 2.99. The average molecular weight is 433 g/mol. The molecule has 0 saturated carbocycles. The maximum atomic E-state index is 13.1. The molecule has 2 atom stereocenters. The van der Waals surface area contributed by atoms with Gasteiger partial charge in [-0.05, 0) is 42.3 Å². The van der Waals surface area contributed by atoms with Gasteiger partial charge in [0, 0.05) is 25.7 Å². The Morgan fingerprint density at radius 3 is 2.83 bits per heavy atom. The Labute approximate surface area is 180 Å². The fourth-order valence-corrected chi connectivity index (χ4v) is 3.59. The maximum absolute atomic E-state index is 13.1. The maximum Gasteiger partial charge on any atom is 0.409 e. The number of halogens is 1. The summed E-state index contributed by atoms with van der Waals surface area (Å²) in [7, 11) is 1.39. The van der Waals surface area contributed by atoms with E-state index in [1.54, 1.807) is 23.2 Å². The number of benzene rings is 1. The molecule has 1 aromatic heterocycles. The van der Waals surface area contributed by atoms with Gasteiger partial charge in [-0.2, -0.15) is 0 Å². The van der Waals surface area contributed by atoms with E-state index in [1.165, 1.54) is 25.6 Å². The van der Waals surface area contributed by atoms with Crippen molar-refractivity contribution in [1.29, 1.82) is 0 Å². The highest BCUT2D eigenvalue weighted by Crippen LogP contribution is 2.20. The van der Waals surface area contributed by atoms with Crippen LogP contribution in [0.25, 0.3) is 0 Å². The van der Waals surface area contributed by atoms with Crippen LogP contribution in [0.5, 0.6) is 0 Å². The number of thiocarbonyl (C=S) groups is 1. The molecule has 30 heavy (non-hydrogen) atoms. The zero-order valence-corrected chi connectivity index (χ0v) is 17.7.